The zero-order chi connectivity index (χ0) is 24.3. The summed E-state index contributed by atoms with van der Waals surface area (Å²) >= 11 is 0. The van der Waals surface area contributed by atoms with Gasteiger partial charge in [0.15, 0.2) is 6.61 Å². The number of para-hydroxylation sites is 1. The van der Waals surface area contributed by atoms with E-state index in [1.807, 2.05) is 57.2 Å². The Bertz CT molecular complexity index is 1160. The van der Waals surface area contributed by atoms with Crippen LogP contribution in [-0.4, -0.2) is 45.6 Å². The molecule has 0 aliphatic carbocycles. The number of likely N-dealkylation sites (tertiary alicyclic amines) is 1. The lowest BCUT2D eigenvalue weighted by atomic mass is 9.92. The van der Waals surface area contributed by atoms with Crippen molar-refractivity contribution in [3.8, 4) is 5.69 Å². The van der Waals surface area contributed by atoms with Crippen molar-refractivity contribution in [3.63, 3.8) is 0 Å². The van der Waals surface area contributed by atoms with Crippen LogP contribution in [0.25, 0.3) is 5.69 Å². The molecule has 1 N–H and O–H groups in total. The summed E-state index contributed by atoms with van der Waals surface area (Å²) in [6.07, 6.45) is 1.59. The Morgan fingerprint density at radius 1 is 1.18 bits per heavy atom. The summed E-state index contributed by atoms with van der Waals surface area (Å²) in [5, 5.41) is 7.44. The summed E-state index contributed by atoms with van der Waals surface area (Å²) in [7, 11) is 0. The number of nitrogens with one attached hydrogen (secondary N) is 1. The summed E-state index contributed by atoms with van der Waals surface area (Å²) in [4.78, 5) is 38.9. The highest BCUT2D eigenvalue weighted by molar-refractivity contribution is 5.93. The van der Waals surface area contributed by atoms with Crippen LogP contribution < -0.4 is 5.32 Å². The molecule has 0 saturated carbocycles. The summed E-state index contributed by atoms with van der Waals surface area (Å²) in [6, 6.07) is 14.8. The van der Waals surface area contributed by atoms with E-state index in [1.54, 1.807) is 21.7 Å². The first-order chi connectivity index (χ1) is 16.2. The van der Waals surface area contributed by atoms with Crippen molar-refractivity contribution in [3.05, 3.63) is 66.2 Å². The van der Waals surface area contributed by atoms with Crippen molar-refractivity contribution in [2.24, 2.45) is 5.92 Å². The van der Waals surface area contributed by atoms with Crippen LogP contribution in [0.15, 0.2) is 59.2 Å². The molecule has 3 aromatic rings. The van der Waals surface area contributed by atoms with E-state index >= 15 is 0 Å². The van der Waals surface area contributed by atoms with E-state index in [1.165, 1.54) is 6.26 Å². The van der Waals surface area contributed by atoms with Crippen LogP contribution in [0.4, 0.5) is 5.82 Å². The van der Waals surface area contributed by atoms with Gasteiger partial charge < -0.3 is 19.4 Å². The standard InChI is InChI=1S/C25H28N4O5/c1-25(2,3)20-13-21(29(27-20)18-8-5-4-6-9-18)26-22(30)16-34-24(32)17-12-23(31)28(14-17)15-19-10-7-11-33-19/h4-11,13,17H,12,14-16H2,1-3H3,(H,26,30)/t17-/m1/s1. The van der Waals surface area contributed by atoms with Gasteiger partial charge in [-0.25, -0.2) is 4.68 Å². The number of hydrogen-bond acceptors (Lipinski definition) is 6. The number of hydrogen-bond donors (Lipinski definition) is 1. The number of aromatic nitrogens is 2. The number of esters is 1. The Morgan fingerprint density at radius 3 is 2.62 bits per heavy atom. The number of nitrogens with zero attached hydrogens (tertiary/aromatic N) is 3. The third kappa shape index (κ3) is 5.36. The maximum Gasteiger partial charge on any atom is 0.311 e. The number of amides is 2. The predicted molar refractivity (Wildman–Crippen MR) is 124 cm³/mol. The van der Waals surface area contributed by atoms with Gasteiger partial charge in [-0.3, -0.25) is 14.4 Å². The number of rotatable bonds is 7. The van der Waals surface area contributed by atoms with E-state index in [4.69, 9.17) is 9.15 Å². The summed E-state index contributed by atoms with van der Waals surface area (Å²) in [5.41, 5.74) is 1.39. The molecule has 0 radical (unpaired) electrons. The van der Waals surface area contributed by atoms with Gasteiger partial charge >= 0.3 is 5.97 Å². The normalized spacial score (nSPS) is 16.0. The average molecular weight is 465 g/mol. The second kappa shape index (κ2) is 9.54. The first-order valence-corrected chi connectivity index (χ1v) is 11.1. The van der Waals surface area contributed by atoms with Gasteiger partial charge in [0.1, 0.15) is 11.6 Å². The highest BCUT2D eigenvalue weighted by atomic mass is 16.5. The molecule has 1 atom stereocenters. The minimum Gasteiger partial charge on any atom is -0.467 e. The zero-order valence-electron chi connectivity index (χ0n) is 19.5. The van der Waals surface area contributed by atoms with E-state index < -0.39 is 24.4 Å². The molecule has 2 amide bonds. The Hall–Kier alpha value is -3.88. The molecule has 0 bridgehead atoms. The highest BCUT2D eigenvalue weighted by Crippen LogP contribution is 2.26. The number of benzene rings is 1. The zero-order valence-corrected chi connectivity index (χ0v) is 19.5. The van der Waals surface area contributed by atoms with Crippen LogP contribution in [0.5, 0.6) is 0 Å². The second-order valence-electron chi connectivity index (χ2n) is 9.32. The SMILES string of the molecule is CC(C)(C)c1cc(NC(=O)COC(=O)[C@@H]2CC(=O)N(Cc3ccco3)C2)n(-c2ccccc2)n1. The lowest BCUT2D eigenvalue weighted by molar-refractivity contribution is -0.151. The van der Waals surface area contributed by atoms with Gasteiger partial charge in [0, 0.05) is 24.4 Å². The number of anilines is 1. The summed E-state index contributed by atoms with van der Waals surface area (Å²) in [5.74, 6) is -0.689. The van der Waals surface area contributed by atoms with Gasteiger partial charge in [-0.05, 0) is 24.3 Å². The van der Waals surface area contributed by atoms with Gasteiger partial charge in [-0.15, -0.1) is 0 Å². The predicted octanol–water partition coefficient (Wildman–Crippen LogP) is 3.29. The van der Waals surface area contributed by atoms with Crippen molar-refractivity contribution in [1.82, 2.24) is 14.7 Å². The Morgan fingerprint density at radius 2 is 1.94 bits per heavy atom. The number of ether oxygens (including phenoxy) is 1. The van der Waals surface area contributed by atoms with Gasteiger partial charge in [0.2, 0.25) is 5.91 Å². The van der Waals surface area contributed by atoms with Gasteiger partial charge in [0.25, 0.3) is 5.91 Å². The number of carbonyl (C=O) groups excluding carboxylic acids is 3. The molecular weight excluding hydrogens is 436 g/mol. The quantitative estimate of drug-likeness (QED) is 0.538. The Kier molecular flexibility index (Phi) is 6.54. The van der Waals surface area contributed by atoms with Crippen LogP contribution in [0.2, 0.25) is 0 Å². The minimum atomic E-state index is -0.613. The molecule has 1 aliphatic heterocycles. The first kappa shape index (κ1) is 23.3. The fraction of sp³-hybridized carbons (Fsp3) is 0.360. The van der Waals surface area contributed by atoms with Crippen molar-refractivity contribution in [1.29, 1.82) is 0 Å². The molecule has 178 valence electrons. The van der Waals surface area contributed by atoms with E-state index in [2.05, 4.69) is 10.4 Å². The molecule has 1 aromatic carbocycles. The average Bonchev–Trinajstić information content (AvgIpc) is 3.54. The van der Waals surface area contributed by atoms with Gasteiger partial charge in [-0.2, -0.15) is 5.10 Å². The van der Waals surface area contributed by atoms with Crippen molar-refractivity contribution in [2.75, 3.05) is 18.5 Å². The maximum atomic E-state index is 12.6. The lowest BCUT2D eigenvalue weighted by Gasteiger charge is -2.14. The first-order valence-electron chi connectivity index (χ1n) is 11.1. The molecule has 9 nitrogen and oxygen atoms in total. The maximum absolute atomic E-state index is 12.6. The Labute approximate surface area is 197 Å². The monoisotopic (exact) mass is 464 g/mol. The molecule has 1 aliphatic rings. The van der Waals surface area contributed by atoms with Gasteiger partial charge in [-0.1, -0.05) is 39.0 Å². The molecule has 4 rings (SSSR count). The molecular formula is C25H28N4O5. The molecule has 0 unspecified atom stereocenters. The molecule has 0 spiro atoms. The van der Waals surface area contributed by atoms with Crippen LogP contribution in [0, 0.1) is 5.92 Å². The summed E-state index contributed by atoms with van der Waals surface area (Å²) in [6.45, 7) is 6.19. The van der Waals surface area contributed by atoms with E-state index in [0.29, 0.717) is 18.1 Å². The number of carbonyl (C=O) groups is 3. The molecule has 2 aromatic heterocycles. The molecule has 9 heteroatoms. The fourth-order valence-electron chi connectivity index (χ4n) is 3.71. The van der Waals surface area contributed by atoms with E-state index in [9.17, 15) is 14.4 Å². The third-order valence-electron chi connectivity index (χ3n) is 5.57. The minimum absolute atomic E-state index is 0.0525. The summed E-state index contributed by atoms with van der Waals surface area (Å²) < 4.78 is 12.2. The lowest BCUT2D eigenvalue weighted by Crippen LogP contribution is -2.28. The molecule has 3 heterocycles. The second-order valence-corrected chi connectivity index (χ2v) is 9.32. The molecule has 1 fully saturated rings. The topological polar surface area (TPSA) is 107 Å². The fourth-order valence-corrected chi connectivity index (χ4v) is 3.71. The smallest absolute Gasteiger partial charge is 0.311 e. The van der Waals surface area contributed by atoms with E-state index in [-0.39, 0.29) is 24.3 Å². The van der Waals surface area contributed by atoms with Crippen molar-refractivity contribution < 1.29 is 23.5 Å². The van der Waals surface area contributed by atoms with Crippen molar-refractivity contribution >= 4 is 23.6 Å². The van der Waals surface area contributed by atoms with Crippen molar-refractivity contribution in [2.45, 2.75) is 39.2 Å². The molecule has 34 heavy (non-hydrogen) atoms. The largest absolute Gasteiger partial charge is 0.467 e. The Balaban J connectivity index is 1.36. The van der Waals surface area contributed by atoms with Crippen LogP contribution in [0.1, 0.15) is 38.6 Å². The van der Waals surface area contributed by atoms with Gasteiger partial charge in [0.05, 0.1) is 30.1 Å². The van der Waals surface area contributed by atoms with Crippen LogP contribution in [-0.2, 0) is 31.1 Å². The van der Waals surface area contributed by atoms with E-state index in [0.717, 1.165) is 11.4 Å². The van der Waals surface area contributed by atoms with Crippen LogP contribution in [0.3, 0.4) is 0 Å². The van der Waals surface area contributed by atoms with Crippen LogP contribution >= 0.6 is 0 Å². The third-order valence-corrected chi connectivity index (χ3v) is 5.57. The number of furan rings is 1. The highest BCUT2D eigenvalue weighted by Gasteiger charge is 2.36. The molecule has 1 saturated heterocycles.